The molecule has 0 aliphatic rings. The average molecular weight is 352 g/mol. The van der Waals surface area contributed by atoms with Crippen LogP contribution in [0.25, 0.3) is 11.0 Å². The highest BCUT2D eigenvalue weighted by atomic mass is 16.5. The van der Waals surface area contributed by atoms with E-state index in [2.05, 4.69) is 4.74 Å². The van der Waals surface area contributed by atoms with Gasteiger partial charge in [-0.1, -0.05) is 23.8 Å². The van der Waals surface area contributed by atoms with Gasteiger partial charge in [0, 0.05) is 6.07 Å². The number of benzene rings is 2. The second-order valence-electron chi connectivity index (χ2n) is 5.74. The average Bonchev–Trinajstić information content (AvgIpc) is 2.66. The molecule has 2 aromatic carbocycles. The van der Waals surface area contributed by atoms with E-state index in [9.17, 15) is 14.4 Å². The van der Waals surface area contributed by atoms with E-state index in [1.165, 1.54) is 7.11 Å². The first-order valence-corrected chi connectivity index (χ1v) is 7.87. The van der Waals surface area contributed by atoms with Crippen LogP contribution in [-0.4, -0.2) is 19.0 Å². The molecule has 0 fully saturated rings. The largest absolute Gasteiger partial charge is 0.465 e. The van der Waals surface area contributed by atoms with Gasteiger partial charge in [-0.05, 0) is 36.8 Å². The minimum Gasteiger partial charge on any atom is -0.465 e. The van der Waals surface area contributed by atoms with Crippen LogP contribution in [0, 0.1) is 6.92 Å². The Hall–Kier alpha value is -3.41. The smallest absolute Gasteiger partial charge is 0.374 e. The van der Waals surface area contributed by atoms with Gasteiger partial charge in [0.2, 0.25) is 5.76 Å². The Labute approximate surface area is 149 Å². The highest BCUT2D eigenvalue weighted by Crippen LogP contribution is 2.15. The number of carbonyl (C=O) groups excluding carboxylic acids is 2. The fourth-order valence-electron chi connectivity index (χ4n) is 2.50. The van der Waals surface area contributed by atoms with Gasteiger partial charge in [-0.25, -0.2) is 9.59 Å². The third-order valence-electron chi connectivity index (χ3n) is 3.80. The monoisotopic (exact) mass is 352 g/mol. The predicted octanol–water partition coefficient (Wildman–Crippen LogP) is 3.25. The molecule has 3 rings (SSSR count). The van der Waals surface area contributed by atoms with Crippen LogP contribution in [0.4, 0.5) is 0 Å². The fraction of sp³-hybridized carbons (Fsp3) is 0.150. The van der Waals surface area contributed by atoms with E-state index < -0.39 is 11.9 Å². The van der Waals surface area contributed by atoms with Gasteiger partial charge in [0.05, 0.1) is 18.1 Å². The molecule has 0 aliphatic heterocycles. The second kappa shape index (κ2) is 7.23. The molecule has 0 N–H and O–H groups in total. The first-order chi connectivity index (χ1) is 12.5. The number of rotatable bonds is 4. The van der Waals surface area contributed by atoms with Crippen LogP contribution in [0.3, 0.4) is 0 Å². The molecule has 0 bridgehead atoms. The molecule has 0 radical (unpaired) electrons. The van der Waals surface area contributed by atoms with Crippen LogP contribution in [0.15, 0.2) is 57.7 Å². The van der Waals surface area contributed by atoms with Crippen molar-refractivity contribution in [2.45, 2.75) is 13.5 Å². The van der Waals surface area contributed by atoms with Crippen molar-refractivity contribution in [2.75, 3.05) is 7.11 Å². The Morgan fingerprint density at radius 1 is 1.04 bits per heavy atom. The molecule has 0 aliphatic carbocycles. The molecule has 0 saturated heterocycles. The predicted molar refractivity (Wildman–Crippen MR) is 94.1 cm³/mol. The lowest BCUT2D eigenvalue weighted by molar-refractivity contribution is 0.0436. The Kier molecular flexibility index (Phi) is 4.84. The van der Waals surface area contributed by atoms with Crippen molar-refractivity contribution in [3.05, 3.63) is 81.2 Å². The second-order valence-corrected chi connectivity index (χ2v) is 5.74. The lowest BCUT2D eigenvalue weighted by Crippen LogP contribution is -2.10. The van der Waals surface area contributed by atoms with Crippen molar-refractivity contribution >= 4 is 22.9 Å². The molecule has 1 aromatic heterocycles. The molecular weight excluding hydrogens is 336 g/mol. The van der Waals surface area contributed by atoms with Crippen LogP contribution in [0.2, 0.25) is 0 Å². The maximum Gasteiger partial charge on any atom is 0.374 e. The SMILES string of the molecule is COC(=O)c1cccc(COC(=O)c2cc(=O)c3cc(C)ccc3o2)c1. The number of esters is 2. The number of hydrogen-bond acceptors (Lipinski definition) is 6. The van der Waals surface area contributed by atoms with Crippen molar-refractivity contribution in [1.29, 1.82) is 0 Å². The standard InChI is InChI=1S/C20H16O6/c1-12-6-7-17-15(8-12)16(21)10-18(26-17)20(23)25-11-13-4-3-5-14(9-13)19(22)24-2/h3-10H,11H2,1-2H3. The quantitative estimate of drug-likeness (QED) is 0.670. The van der Waals surface area contributed by atoms with Gasteiger partial charge in [0.25, 0.3) is 0 Å². The minimum absolute atomic E-state index is 0.0701. The third-order valence-corrected chi connectivity index (χ3v) is 3.80. The summed E-state index contributed by atoms with van der Waals surface area (Å²) in [6, 6.07) is 12.8. The van der Waals surface area contributed by atoms with Gasteiger partial charge in [-0.2, -0.15) is 0 Å². The van der Waals surface area contributed by atoms with Crippen LogP contribution in [0.5, 0.6) is 0 Å². The van der Waals surface area contributed by atoms with Crippen molar-refractivity contribution in [3.8, 4) is 0 Å². The number of methoxy groups -OCH3 is 1. The summed E-state index contributed by atoms with van der Waals surface area (Å²) in [6.45, 7) is 1.79. The summed E-state index contributed by atoms with van der Waals surface area (Å²) in [4.78, 5) is 35.9. The first-order valence-electron chi connectivity index (χ1n) is 7.87. The molecule has 1 heterocycles. The van der Waals surface area contributed by atoms with E-state index in [1.807, 2.05) is 6.92 Å². The topological polar surface area (TPSA) is 82.8 Å². The molecule has 6 nitrogen and oxygen atoms in total. The van der Waals surface area contributed by atoms with E-state index >= 15 is 0 Å². The van der Waals surface area contributed by atoms with Crippen molar-refractivity contribution in [1.82, 2.24) is 0 Å². The minimum atomic E-state index is -0.756. The zero-order valence-corrected chi connectivity index (χ0v) is 14.3. The normalized spacial score (nSPS) is 10.5. The van der Waals surface area contributed by atoms with Crippen molar-refractivity contribution in [3.63, 3.8) is 0 Å². The summed E-state index contributed by atoms with van der Waals surface area (Å²) in [5, 5.41) is 0.410. The van der Waals surface area contributed by atoms with E-state index in [0.717, 1.165) is 11.6 Å². The van der Waals surface area contributed by atoms with E-state index in [-0.39, 0.29) is 17.8 Å². The molecule has 0 unspecified atom stereocenters. The van der Waals surface area contributed by atoms with Gasteiger partial charge in [0.15, 0.2) is 5.43 Å². The molecule has 132 valence electrons. The van der Waals surface area contributed by atoms with Crippen molar-refractivity contribution in [2.24, 2.45) is 0 Å². The van der Waals surface area contributed by atoms with Gasteiger partial charge < -0.3 is 13.9 Å². The highest BCUT2D eigenvalue weighted by molar-refractivity contribution is 5.90. The molecule has 6 heteroatoms. The lowest BCUT2D eigenvalue weighted by atomic mass is 10.1. The van der Waals surface area contributed by atoms with Crippen LogP contribution in [0.1, 0.15) is 32.0 Å². The molecule has 26 heavy (non-hydrogen) atoms. The van der Waals surface area contributed by atoms with Crippen molar-refractivity contribution < 1.29 is 23.5 Å². The summed E-state index contributed by atoms with van der Waals surface area (Å²) in [7, 11) is 1.29. The summed E-state index contributed by atoms with van der Waals surface area (Å²) < 4.78 is 15.3. The number of fused-ring (bicyclic) bond motifs is 1. The van der Waals surface area contributed by atoms with Crippen LogP contribution >= 0.6 is 0 Å². The van der Waals surface area contributed by atoms with Gasteiger partial charge in [-0.15, -0.1) is 0 Å². The third kappa shape index (κ3) is 3.64. The number of ether oxygens (including phenoxy) is 2. The maximum atomic E-state index is 12.2. The molecule has 3 aromatic rings. The van der Waals surface area contributed by atoms with Gasteiger partial charge >= 0.3 is 11.9 Å². The summed E-state index contributed by atoms with van der Waals surface area (Å²) in [6.07, 6.45) is 0. The summed E-state index contributed by atoms with van der Waals surface area (Å²) in [5.74, 6) is -1.41. The van der Waals surface area contributed by atoms with Crippen LogP contribution < -0.4 is 5.43 Å². The van der Waals surface area contributed by atoms with E-state index in [1.54, 1.807) is 42.5 Å². The molecule has 0 spiro atoms. The zero-order chi connectivity index (χ0) is 18.7. The maximum absolute atomic E-state index is 12.2. The lowest BCUT2D eigenvalue weighted by Gasteiger charge is -2.07. The van der Waals surface area contributed by atoms with E-state index in [4.69, 9.17) is 9.15 Å². The van der Waals surface area contributed by atoms with Crippen LogP contribution in [-0.2, 0) is 16.1 Å². The Morgan fingerprint density at radius 3 is 2.62 bits per heavy atom. The van der Waals surface area contributed by atoms with Gasteiger partial charge in [0.1, 0.15) is 12.2 Å². The first kappa shape index (κ1) is 17.4. The summed E-state index contributed by atoms with van der Waals surface area (Å²) >= 11 is 0. The number of aryl methyl sites for hydroxylation is 1. The Morgan fingerprint density at radius 2 is 1.85 bits per heavy atom. The Bertz CT molecular complexity index is 1050. The Balaban J connectivity index is 1.78. The molecule has 0 amide bonds. The van der Waals surface area contributed by atoms with Gasteiger partial charge in [-0.3, -0.25) is 4.79 Å². The molecule has 0 atom stereocenters. The number of carbonyl (C=O) groups is 2. The molecule has 0 saturated carbocycles. The number of hydrogen-bond donors (Lipinski definition) is 0. The fourth-order valence-corrected chi connectivity index (χ4v) is 2.50. The summed E-state index contributed by atoms with van der Waals surface area (Å²) in [5.41, 5.74) is 1.90. The zero-order valence-electron chi connectivity index (χ0n) is 14.3. The molecular formula is C20H16O6. The highest BCUT2D eigenvalue weighted by Gasteiger charge is 2.14. The van der Waals surface area contributed by atoms with E-state index in [0.29, 0.717) is 22.1 Å².